The summed E-state index contributed by atoms with van der Waals surface area (Å²) in [6.45, 7) is 1.37. The van der Waals surface area contributed by atoms with Gasteiger partial charge in [0.25, 0.3) is 5.91 Å². The fraction of sp³-hybridized carbons (Fsp3) is 0.211. The summed E-state index contributed by atoms with van der Waals surface area (Å²) in [5, 5.41) is 1.20. The molecule has 0 radical (unpaired) electrons. The standard InChI is InChI=1S/C19H18N2O2/c1-23-14-7-8-17-16(11-14)15-9-10-21(12-18(15)20-17)19(22)13-5-3-2-4-6-13/h2-8,11,20H,9-10,12H2,1H3. The van der Waals surface area contributed by atoms with Gasteiger partial charge in [-0.05, 0) is 42.3 Å². The number of hydrogen-bond donors (Lipinski definition) is 1. The summed E-state index contributed by atoms with van der Waals surface area (Å²) in [5.41, 5.74) is 4.28. The average Bonchev–Trinajstić information content (AvgIpc) is 2.98. The zero-order valence-electron chi connectivity index (χ0n) is 13.0. The molecule has 0 fully saturated rings. The molecule has 0 saturated carbocycles. The molecular weight excluding hydrogens is 288 g/mol. The van der Waals surface area contributed by atoms with E-state index >= 15 is 0 Å². The molecule has 4 rings (SSSR count). The van der Waals surface area contributed by atoms with Crippen LogP contribution in [0.1, 0.15) is 21.6 Å². The molecule has 0 unspecified atom stereocenters. The van der Waals surface area contributed by atoms with E-state index < -0.39 is 0 Å². The van der Waals surface area contributed by atoms with Crippen LogP contribution in [0.2, 0.25) is 0 Å². The number of rotatable bonds is 2. The van der Waals surface area contributed by atoms with Gasteiger partial charge in [-0.1, -0.05) is 18.2 Å². The van der Waals surface area contributed by atoms with Gasteiger partial charge in [-0.15, -0.1) is 0 Å². The summed E-state index contributed by atoms with van der Waals surface area (Å²) in [6, 6.07) is 15.5. The first kappa shape index (κ1) is 13.9. The molecule has 1 aromatic heterocycles. The maximum Gasteiger partial charge on any atom is 0.254 e. The molecule has 3 aromatic rings. The Morgan fingerprint density at radius 2 is 2.00 bits per heavy atom. The summed E-state index contributed by atoms with van der Waals surface area (Å²) in [4.78, 5) is 18.0. The van der Waals surface area contributed by atoms with Gasteiger partial charge in [0.2, 0.25) is 0 Å². The minimum atomic E-state index is 0.0903. The molecule has 4 nitrogen and oxygen atoms in total. The van der Waals surface area contributed by atoms with Crippen LogP contribution in [-0.4, -0.2) is 29.4 Å². The van der Waals surface area contributed by atoms with Gasteiger partial charge < -0.3 is 14.6 Å². The highest BCUT2D eigenvalue weighted by Crippen LogP contribution is 2.30. The first-order valence-electron chi connectivity index (χ1n) is 7.78. The van der Waals surface area contributed by atoms with Crippen LogP contribution in [-0.2, 0) is 13.0 Å². The van der Waals surface area contributed by atoms with E-state index in [1.807, 2.05) is 47.4 Å². The van der Waals surface area contributed by atoms with Crippen LogP contribution in [0.25, 0.3) is 10.9 Å². The highest BCUT2D eigenvalue weighted by atomic mass is 16.5. The number of aromatic amines is 1. The van der Waals surface area contributed by atoms with Crippen LogP contribution in [0.3, 0.4) is 0 Å². The summed E-state index contributed by atoms with van der Waals surface area (Å²) >= 11 is 0. The molecular formula is C19H18N2O2. The van der Waals surface area contributed by atoms with Crippen LogP contribution in [0.15, 0.2) is 48.5 Å². The molecule has 0 aliphatic carbocycles. The minimum absolute atomic E-state index is 0.0903. The monoisotopic (exact) mass is 306 g/mol. The Morgan fingerprint density at radius 1 is 1.17 bits per heavy atom. The number of fused-ring (bicyclic) bond motifs is 3. The lowest BCUT2D eigenvalue weighted by molar-refractivity contribution is 0.0733. The second kappa shape index (κ2) is 5.47. The van der Waals surface area contributed by atoms with E-state index in [4.69, 9.17) is 4.74 Å². The zero-order valence-corrected chi connectivity index (χ0v) is 13.0. The lowest BCUT2D eigenvalue weighted by Crippen LogP contribution is -2.35. The highest BCUT2D eigenvalue weighted by molar-refractivity contribution is 5.94. The Balaban J connectivity index is 1.66. The fourth-order valence-corrected chi connectivity index (χ4v) is 3.28. The van der Waals surface area contributed by atoms with Gasteiger partial charge in [-0.2, -0.15) is 0 Å². The molecule has 1 aliphatic rings. The number of nitrogens with zero attached hydrogens (tertiary/aromatic N) is 1. The molecule has 2 heterocycles. The van der Waals surface area contributed by atoms with Crippen molar-refractivity contribution in [3.8, 4) is 5.75 Å². The highest BCUT2D eigenvalue weighted by Gasteiger charge is 2.24. The molecule has 0 spiro atoms. The van der Waals surface area contributed by atoms with Gasteiger partial charge >= 0.3 is 0 Å². The van der Waals surface area contributed by atoms with Gasteiger partial charge in [-0.25, -0.2) is 0 Å². The van der Waals surface area contributed by atoms with E-state index in [1.54, 1.807) is 7.11 Å². The molecule has 116 valence electrons. The smallest absolute Gasteiger partial charge is 0.254 e. The zero-order chi connectivity index (χ0) is 15.8. The van der Waals surface area contributed by atoms with Gasteiger partial charge in [0.15, 0.2) is 0 Å². The number of amides is 1. The number of carbonyl (C=O) groups is 1. The van der Waals surface area contributed by atoms with Crippen molar-refractivity contribution in [1.29, 1.82) is 0 Å². The SMILES string of the molecule is COc1ccc2[nH]c3c(c2c1)CCN(C(=O)c1ccccc1)C3. The van der Waals surface area contributed by atoms with Gasteiger partial charge in [0.1, 0.15) is 5.75 Å². The fourth-order valence-electron chi connectivity index (χ4n) is 3.28. The first-order chi connectivity index (χ1) is 11.3. The van der Waals surface area contributed by atoms with Gasteiger partial charge in [0.05, 0.1) is 13.7 Å². The number of aromatic nitrogens is 1. The molecule has 0 atom stereocenters. The number of nitrogens with one attached hydrogen (secondary N) is 1. The predicted octanol–water partition coefficient (Wildman–Crippen LogP) is 3.38. The van der Waals surface area contributed by atoms with Crippen LogP contribution < -0.4 is 4.74 Å². The molecule has 0 bridgehead atoms. The topological polar surface area (TPSA) is 45.3 Å². The van der Waals surface area contributed by atoms with Crippen molar-refractivity contribution in [2.75, 3.05) is 13.7 Å². The quantitative estimate of drug-likeness (QED) is 0.789. The van der Waals surface area contributed by atoms with Crippen molar-refractivity contribution < 1.29 is 9.53 Å². The summed E-state index contributed by atoms with van der Waals surface area (Å²) in [7, 11) is 1.68. The van der Waals surface area contributed by atoms with Crippen LogP contribution in [0, 0.1) is 0 Å². The van der Waals surface area contributed by atoms with E-state index in [9.17, 15) is 4.79 Å². The second-order valence-corrected chi connectivity index (χ2v) is 5.84. The third-order valence-electron chi connectivity index (χ3n) is 4.49. The summed E-state index contributed by atoms with van der Waals surface area (Å²) in [6.07, 6.45) is 0.862. The van der Waals surface area contributed by atoms with Crippen molar-refractivity contribution >= 4 is 16.8 Å². The number of H-pyrrole nitrogens is 1. The molecule has 0 saturated heterocycles. The van der Waals surface area contributed by atoms with E-state index in [0.29, 0.717) is 6.54 Å². The summed E-state index contributed by atoms with van der Waals surface area (Å²) in [5.74, 6) is 0.953. The average molecular weight is 306 g/mol. The normalized spacial score (nSPS) is 13.9. The van der Waals surface area contributed by atoms with E-state index in [1.165, 1.54) is 10.9 Å². The third-order valence-corrected chi connectivity index (χ3v) is 4.49. The van der Waals surface area contributed by atoms with Crippen molar-refractivity contribution in [3.05, 3.63) is 65.4 Å². The maximum atomic E-state index is 12.6. The Kier molecular flexibility index (Phi) is 3.30. The Labute approximate surface area is 134 Å². The lowest BCUT2D eigenvalue weighted by atomic mass is 10.0. The molecule has 23 heavy (non-hydrogen) atoms. The molecule has 1 aliphatic heterocycles. The van der Waals surface area contributed by atoms with E-state index in [-0.39, 0.29) is 5.91 Å². The van der Waals surface area contributed by atoms with Crippen molar-refractivity contribution in [1.82, 2.24) is 9.88 Å². The van der Waals surface area contributed by atoms with E-state index in [0.717, 1.165) is 35.5 Å². The van der Waals surface area contributed by atoms with Crippen molar-refractivity contribution in [3.63, 3.8) is 0 Å². The number of hydrogen-bond acceptors (Lipinski definition) is 2. The molecule has 2 aromatic carbocycles. The third kappa shape index (κ3) is 2.36. The van der Waals surface area contributed by atoms with Crippen LogP contribution in [0.4, 0.5) is 0 Å². The molecule has 1 amide bonds. The minimum Gasteiger partial charge on any atom is -0.497 e. The predicted molar refractivity (Wildman–Crippen MR) is 89.7 cm³/mol. The van der Waals surface area contributed by atoms with Crippen molar-refractivity contribution in [2.45, 2.75) is 13.0 Å². The molecule has 1 N–H and O–H groups in total. The number of carbonyl (C=O) groups excluding carboxylic acids is 1. The number of ether oxygens (including phenoxy) is 1. The molecule has 4 heteroatoms. The first-order valence-corrected chi connectivity index (χ1v) is 7.78. The van der Waals surface area contributed by atoms with Crippen LogP contribution in [0.5, 0.6) is 5.75 Å². The second-order valence-electron chi connectivity index (χ2n) is 5.84. The lowest BCUT2D eigenvalue weighted by Gasteiger charge is -2.27. The maximum absolute atomic E-state index is 12.6. The number of benzene rings is 2. The van der Waals surface area contributed by atoms with Crippen molar-refractivity contribution in [2.24, 2.45) is 0 Å². The largest absolute Gasteiger partial charge is 0.497 e. The van der Waals surface area contributed by atoms with Gasteiger partial charge in [0, 0.05) is 28.7 Å². The summed E-state index contributed by atoms with van der Waals surface area (Å²) < 4.78 is 5.32. The Bertz CT molecular complexity index is 868. The van der Waals surface area contributed by atoms with Gasteiger partial charge in [-0.3, -0.25) is 4.79 Å². The Morgan fingerprint density at radius 3 is 2.78 bits per heavy atom. The number of methoxy groups -OCH3 is 1. The van der Waals surface area contributed by atoms with Crippen LogP contribution >= 0.6 is 0 Å². The Hall–Kier alpha value is -2.75. The van der Waals surface area contributed by atoms with E-state index in [2.05, 4.69) is 11.1 Å².